The van der Waals surface area contributed by atoms with Crippen molar-refractivity contribution in [2.45, 2.75) is 103 Å². The largest absolute Gasteiger partial charge is 0.459 e. The van der Waals surface area contributed by atoms with E-state index in [4.69, 9.17) is 9.16 Å². The van der Waals surface area contributed by atoms with Crippen molar-refractivity contribution in [2.75, 3.05) is 0 Å². The summed E-state index contributed by atoms with van der Waals surface area (Å²) in [5.41, 5.74) is 0.715. The van der Waals surface area contributed by atoms with Gasteiger partial charge in [-0.3, -0.25) is 4.79 Å². The smallest absolute Gasteiger partial charge is 0.303 e. The average Bonchev–Trinajstić information content (AvgIpc) is 2.90. The molecule has 0 heterocycles. The summed E-state index contributed by atoms with van der Waals surface area (Å²) in [5.74, 6) is 1.36. The Kier molecular flexibility index (Phi) is 5.41. The van der Waals surface area contributed by atoms with E-state index in [1.807, 2.05) is 0 Å². The molecule has 4 nitrogen and oxygen atoms in total. The van der Waals surface area contributed by atoms with Crippen LogP contribution in [0.15, 0.2) is 11.6 Å². The zero-order valence-corrected chi connectivity index (χ0v) is 20.8. The lowest BCUT2D eigenvalue weighted by Gasteiger charge is -2.58. The number of allylic oxidation sites excluding steroid dienone is 1. The Hall–Kier alpha value is -0.943. The zero-order valence-electron chi connectivity index (χ0n) is 19.8. The molecule has 4 rings (SSSR count). The molecule has 0 spiro atoms. The van der Waals surface area contributed by atoms with Crippen LogP contribution in [0, 0.1) is 28.6 Å². The molecule has 0 bridgehead atoms. The fourth-order valence-corrected chi connectivity index (χ4v) is 8.97. The Bertz CT molecular complexity index is 755. The van der Waals surface area contributed by atoms with Crippen molar-refractivity contribution in [3.05, 3.63) is 11.6 Å². The molecular weight excluding hydrogens is 392 g/mol. The van der Waals surface area contributed by atoms with Gasteiger partial charge in [0.15, 0.2) is 8.32 Å². The van der Waals surface area contributed by atoms with Gasteiger partial charge < -0.3 is 14.0 Å². The van der Waals surface area contributed by atoms with Crippen LogP contribution in [0.2, 0.25) is 19.6 Å². The molecule has 0 aliphatic heterocycles. The van der Waals surface area contributed by atoms with Crippen LogP contribution in [-0.4, -0.2) is 32.3 Å². The SMILES string of the molecule is CC(=O)O[C@]1(C)CC[C@H]2[C@@H]3CCC4=C[C@@H](O[Si](C)(C)C)CC[C@]4(C=O)[C@H]3CC[C@@]21C. The molecule has 7 atom stereocenters. The number of ether oxygens (including phenoxy) is 1. The van der Waals surface area contributed by atoms with Gasteiger partial charge in [0.1, 0.15) is 11.9 Å². The van der Waals surface area contributed by atoms with Gasteiger partial charge in [-0.25, -0.2) is 0 Å². The molecule has 0 radical (unpaired) electrons. The third-order valence-corrected chi connectivity index (χ3v) is 10.3. The van der Waals surface area contributed by atoms with Gasteiger partial charge >= 0.3 is 5.97 Å². The van der Waals surface area contributed by atoms with Crippen LogP contribution >= 0.6 is 0 Å². The van der Waals surface area contributed by atoms with Gasteiger partial charge in [0.25, 0.3) is 0 Å². The van der Waals surface area contributed by atoms with Crippen LogP contribution in [0.5, 0.6) is 0 Å². The van der Waals surface area contributed by atoms with Crippen LogP contribution in [0.25, 0.3) is 0 Å². The predicted molar refractivity (Wildman–Crippen MR) is 120 cm³/mol. The van der Waals surface area contributed by atoms with E-state index < -0.39 is 8.32 Å². The number of hydrogen-bond donors (Lipinski definition) is 0. The Balaban J connectivity index is 1.62. The van der Waals surface area contributed by atoms with E-state index in [1.165, 1.54) is 18.8 Å². The highest BCUT2D eigenvalue weighted by atomic mass is 28.4. The first-order valence-corrected chi connectivity index (χ1v) is 15.4. The van der Waals surface area contributed by atoms with Crippen molar-refractivity contribution < 1.29 is 18.8 Å². The highest BCUT2D eigenvalue weighted by Crippen LogP contribution is 2.68. The van der Waals surface area contributed by atoms with Crippen LogP contribution in [-0.2, 0) is 18.8 Å². The minimum Gasteiger partial charge on any atom is -0.459 e. The number of carbonyl (C=O) groups is 2. The summed E-state index contributed by atoms with van der Waals surface area (Å²) in [4.78, 5) is 24.5. The van der Waals surface area contributed by atoms with Crippen LogP contribution in [0.3, 0.4) is 0 Å². The summed E-state index contributed by atoms with van der Waals surface area (Å²) in [6, 6.07) is 0. The molecule has 5 heteroatoms. The quantitative estimate of drug-likeness (QED) is 0.248. The molecule has 0 unspecified atom stereocenters. The fraction of sp³-hybridized carbons (Fsp3) is 0.840. The molecule has 168 valence electrons. The molecule has 30 heavy (non-hydrogen) atoms. The first kappa shape index (κ1) is 22.3. The van der Waals surface area contributed by atoms with Gasteiger partial charge in [-0.1, -0.05) is 18.6 Å². The standard InChI is InChI=1S/C25H40O4Si/c1-17(27)28-24(3)13-11-21-20-8-7-18-15-19(29-30(4,5)6)9-14-25(18,16-26)22(20)10-12-23(21,24)2/h15-16,19-22H,7-14H2,1-6H3/t19-,20-,21-,22-,23-,24+,25+/m0/s1. The minimum atomic E-state index is -1.60. The maximum Gasteiger partial charge on any atom is 0.303 e. The number of hydrogen-bond acceptors (Lipinski definition) is 4. The van der Waals surface area contributed by atoms with Gasteiger partial charge in [-0.05, 0) is 95.7 Å². The number of fused-ring (bicyclic) bond motifs is 5. The van der Waals surface area contributed by atoms with E-state index in [2.05, 4.69) is 39.6 Å². The van der Waals surface area contributed by atoms with Crippen LogP contribution < -0.4 is 0 Å². The van der Waals surface area contributed by atoms with Crippen molar-refractivity contribution in [3.63, 3.8) is 0 Å². The highest BCUT2D eigenvalue weighted by Gasteiger charge is 2.65. The Labute approximate surface area is 183 Å². The Morgan fingerprint density at radius 2 is 1.77 bits per heavy atom. The lowest BCUT2D eigenvalue weighted by atomic mass is 9.46. The number of aldehydes is 1. The first-order chi connectivity index (χ1) is 13.9. The second kappa shape index (κ2) is 7.30. The monoisotopic (exact) mass is 432 g/mol. The second-order valence-corrected chi connectivity index (χ2v) is 16.4. The number of carbonyl (C=O) groups excluding carboxylic acids is 2. The molecule has 0 N–H and O–H groups in total. The summed E-state index contributed by atoms with van der Waals surface area (Å²) in [5, 5.41) is 0. The maximum atomic E-state index is 12.7. The molecule has 0 amide bonds. The van der Waals surface area contributed by atoms with Crippen molar-refractivity contribution in [3.8, 4) is 0 Å². The van der Waals surface area contributed by atoms with Gasteiger partial charge in [-0.15, -0.1) is 0 Å². The molecule has 0 aromatic heterocycles. The average molecular weight is 433 g/mol. The molecule has 4 aliphatic rings. The third-order valence-electron chi connectivity index (χ3n) is 9.29. The van der Waals surface area contributed by atoms with Crippen molar-refractivity contribution >= 4 is 20.6 Å². The third kappa shape index (κ3) is 3.35. The zero-order chi connectivity index (χ0) is 21.9. The van der Waals surface area contributed by atoms with Crippen LogP contribution in [0.4, 0.5) is 0 Å². The minimum absolute atomic E-state index is 0.0171. The molecule has 3 saturated carbocycles. The summed E-state index contributed by atoms with van der Waals surface area (Å²) in [6.45, 7) is 12.8. The Morgan fingerprint density at radius 1 is 1.07 bits per heavy atom. The topological polar surface area (TPSA) is 52.6 Å². The summed E-state index contributed by atoms with van der Waals surface area (Å²) in [7, 11) is -1.60. The Morgan fingerprint density at radius 3 is 2.40 bits per heavy atom. The highest BCUT2D eigenvalue weighted by molar-refractivity contribution is 6.69. The number of esters is 1. The van der Waals surface area contributed by atoms with Crippen molar-refractivity contribution in [2.24, 2.45) is 28.6 Å². The van der Waals surface area contributed by atoms with Crippen molar-refractivity contribution in [1.82, 2.24) is 0 Å². The van der Waals surface area contributed by atoms with E-state index in [-0.39, 0.29) is 28.5 Å². The van der Waals surface area contributed by atoms with Gasteiger partial charge in [-0.2, -0.15) is 0 Å². The molecule has 0 aromatic rings. The molecule has 3 fully saturated rings. The fourth-order valence-electron chi connectivity index (χ4n) is 7.88. The molecule has 4 aliphatic carbocycles. The first-order valence-electron chi connectivity index (χ1n) is 12.0. The normalized spacial score (nSPS) is 45.6. The van der Waals surface area contributed by atoms with Crippen LogP contribution in [0.1, 0.15) is 72.1 Å². The van der Waals surface area contributed by atoms with E-state index in [9.17, 15) is 9.59 Å². The van der Waals surface area contributed by atoms with E-state index in [0.717, 1.165) is 51.4 Å². The molecule has 0 saturated heterocycles. The molecule has 0 aromatic carbocycles. The van der Waals surface area contributed by atoms with Gasteiger partial charge in [0, 0.05) is 12.3 Å². The summed E-state index contributed by atoms with van der Waals surface area (Å²) >= 11 is 0. The lowest BCUT2D eigenvalue weighted by Crippen LogP contribution is -2.56. The van der Waals surface area contributed by atoms with E-state index in [1.54, 1.807) is 0 Å². The van der Waals surface area contributed by atoms with Crippen molar-refractivity contribution in [1.29, 1.82) is 0 Å². The van der Waals surface area contributed by atoms with Gasteiger partial charge in [0.05, 0.1) is 11.5 Å². The number of rotatable bonds is 4. The van der Waals surface area contributed by atoms with E-state index in [0.29, 0.717) is 17.8 Å². The van der Waals surface area contributed by atoms with Gasteiger partial charge in [0.2, 0.25) is 0 Å². The lowest BCUT2D eigenvalue weighted by molar-refractivity contribution is -0.178. The predicted octanol–water partition coefficient (Wildman–Crippen LogP) is 5.67. The van der Waals surface area contributed by atoms with E-state index >= 15 is 0 Å². The summed E-state index contributed by atoms with van der Waals surface area (Å²) in [6.07, 6.45) is 12.0. The molecular formula is C25H40O4Si. The maximum absolute atomic E-state index is 12.7. The summed E-state index contributed by atoms with van der Waals surface area (Å²) < 4.78 is 12.3. The second-order valence-electron chi connectivity index (χ2n) is 11.9.